The summed E-state index contributed by atoms with van der Waals surface area (Å²) in [7, 11) is -1.92. The third-order valence-electron chi connectivity index (χ3n) is 4.32. The summed E-state index contributed by atoms with van der Waals surface area (Å²) in [5, 5.41) is 6.79. The molecule has 0 atom stereocenters. The Morgan fingerprint density at radius 3 is 2.58 bits per heavy atom. The van der Waals surface area contributed by atoms with Crippen molar-refractivity contribution in [2.45, 2.75) is 24.0 Å². The van der Waals surface area contributed by atoms with Gasteiger partial charge in [-0.3, -0.25) is 0 Å². The van der Waals surface area contributed by atoms with Crippen LogP contribution in [-0.2, 0) is 9.84 Å². The van der Waals surface area contributed by atoms with Gasteiger partial charge < -0.3 is 10.1 Å². The minimum atomic E-state index is -3.50. The van der Waals surface area contributed by atoms with E-state index in [2.05, 4.69) is 25.8 Å². The van der Waals surface area contributed by atoms with Gasteiger partial charge in [0.25, 0.3) is 0 Å². The molecule has 0 fully saturated rings. The Bertz CT molecular complexity index is 1200. The van der Waals surface area contributed by atoms with Gasteiger partial charge in [0.1, 0.15) is 10.8 Å². The predicted molar refractivity (Wildman–Crippen MR) is 123 cm³/mol. The molecule has 1 heterocycles. The fourth-order valence-corrected chi connectivity index (χ4v) is 3.98. The lowest BCUT2D eigenvalue weighted by atomic mass is 10.2. The van der Waals surface area contributed by atoms with Crippen molar-refractivity contribution in [2.75, 3.05) is 17.9 Å². The third kappa shape index (κ3) is 5.31. The maximum atomic E-state index is 12.7. The second-order valence-electron chi connectivity index (χ2n) is 6.72. The highest BCUT2D eigenvalue weighted by Crippen LogP contribution is 2.30. The monoisotopic (exact) mass is 459 g/mol. The SMILES string of the molecule is COc1ccccc1/C=N/Nc1ncc(Cl)c(Nc2ccccc2S(=O)(=O)C(C)C)n1. The van der Waals surface area contributed by atoms with E-state index in [1.807, 2.05) is 24.3 Å². The molecule has 8 nitrogen and oxygen atoms in total. The Labute approximate surface area is 186 Å². The largest absolute Gasteiger partial charge is 0.496 e. The lowest BCUT2D eigenvalue weighted by molar-refractivity contribution is 0.414. The first-order valence-corrected chi connectivity index (χ1v) is 11.3. The second kappa shape index (κ2) is 9.76. The number of hydrogen-bond acceptors (Lipinski definition) is 8. The number of methoxy groups -OCH3 is 1. The second-order valence-corrected chi connectivity index (χ2v) is 9.60. The van der Waals surface area contributed by atoms with Gasteiger partial charge in [-0.05, 0) is 38.1 Å². The summed E-state index contributed by atoms with van der Waals surface area (Å²) in [6.45, 7) is 3.26. The highest BCUT2D eigenvalue weighted by Gasteiger charge is 2.23. The van der Waals surface area contributed by atoms with E-state index in [9.17, 15) is 8.42 Å². The average Bonchev–Trinajstić information content (AvgIpc) is 2.76. The molecule has 0 saturated heterocycles. The number of rotatable bonds is 8. The molecule has 0 aliphatic heterocycles. The smallest absolute Gasteiger partial charge is 0.245 e. The Hall–Kier alpha value is -3.17. The number of sulfone groups is 1. The van der Waals surface area contributed by atoms with Crippen LogP contribution in [0.1, 0.15) is 19.4 Å². The van der Waals surface area contributed by atoms with Gasteiger partial charge in [-0.2, -0.15) is 10.1 Å². The van der Waals surface area contributed by atoms with E-state index >= 15 is 0 Å². The fraction of sp³-hybridized carbons (Fsp3) is 0.190. The van der Waals surface area contributed by atoms with Crippen molar-refractivity contribution >= 4 is 45.1 Å². The zero-order chi connectivity index (χ0) is 22.4. The molecule has 0 amide bonds. The number of ether oxygens (including phenoxy) is 1. The maximum absolute atomic E-state index is 12.7. The zero-order valence-electron chi connectivity index (χ0n) is 17.2. The predicted octanol–water partition coefficient (Wildman–Crippen LogP) is 4.51. The number of benzene rings is 2. The van der Waals surface area contributed by atoms with E-state index in [1.54, 1.807) is 51.4 Å². The van der Waals surface area contributed by atoms with Crippen LogP contribution in [0.25, 0.3) is 0 Å². The van der Waals surface area contributed by atoms with Gasteiger partial charge in [-0.1, -0.05) is 35.9 Å². The molecule has 2 N–H and O–H groups in total. The first kappa shape index (κ1) is 22.5. The summed E-state index contributed by atoms with van der Waals surface area (Å²) in [6.07, 6.45) is 2.98. The standard InChI is InChI=1S/C21H22ClN5O3S/c1-14(2)31(28,29)19-11-7-5-9-17(19)25-20-16(22)13-23-21(26-20)27-24-12-15-8-4-6-10-18(15)30-3/h4-14H,1-3H3,(H2,23,25,26,27)/b24-12+. The van der Waals surface area contributed by atoms with Gasteiger partial charge in [-0.15, -0.1) is 0 Å². The molecule has 1 aromatic heterocycles. The molecule has 2 aromatic carbocycles. The Morgan fingerprint density at radius 2 is 1.84 bits per heavy atom. The maximum Gasteiger partial charge on any atom is 0.245 e. The van der Waals surface area contributed by atoms with Crippen LogP contribution in [0.3, 0.4) is 0 Å². The highest BCUT2D eigenvalue weighted by atomic mass is 35.5. The van der Waals surface area contributed by atoms with E-state index in [0.717, 1.165) is 5.56 Å². The molecule has 0 spiro atoms. The molecular weight excluding hydrogens is 438 g/mol. The number of nitrogens with zero attached hydrogens (tertiary/aromatic N) is 3. The molecule has 0 aliphatic rings. The lowest BCUT2D eigenvalue weighted by Gasteiger charge is -2.15. The summed E-state index contributed by atoms with van der Waals surface area (Å²) in [5.74, 6) is 1.11. The molecule has 0 aliphatic carbocycles. The quantitative estimate of drug-likeness (QED) is 0.377. The molecule has 0 radical (unpaired) electrons. The van der Waals surface area contributed by atoms with Crippen molar-refractivity contribution in [1.82, 2.24) is 9.97 Å². The summed E-state index contributed by atoms with van der Waals surface area (Å²) in [4.78, 5) is 8.57. The van der Waals surface area contributed by atoms with Crippen LogP contribution in [0.4, 0.5) is 17.5 Å². The molecule has 31 heavy (non-hydrogen) atoms. The number of hydrazone groups is 1. The summed E-state index contributed by atoms with van der Waals surface area (Å²) < 4.78 is 30.6. The zero-order valence-corrected chi connectivity index (χ0v) is 18.8. The van der Waals surface area contributed by atoms with Gasteiger partial charge in [0.2, 0.25) is 5.95 Å². The average molecular weight is 460 g/mol. The lowest BCUT2D eigenvalue weighted by Crippen LogP contribution is -2.15. The van der Waals surface area contributed by atoms with Gasteiger partial charge in [0.15, 0.2) is 15.7 Å². The van der Waals surface area contributed by atoms with Crippen LogP contribution >= 0.6 is 11.6 Å². The van der Waals surface area contributed by atoms with Crippen molar-refractivity contribution < 1.29 is 13.2 Å². The van der Waals surface area contributed by atoms with Crippen LogP contribution in [0.5, 0.6) is 5.75 Å². The molecule has 0 saturated carbocycles. The van der Waals surface area contributed by atoms with Crippen LogP contribution in [0, 0.1) is 0 Å². The van der Waals surface area contributed by atoms with Crippen LogP contribution in [-0.4, -0.2) is 37.0 Å². The molecule has 0 bridgehead atoms. The summed E-state index contributed by atoms with van der Waals surface area (Å²) >= 11 is 6.23. The first-order valence-electron chi connectivity index (χ1n) is 9.37. The molecule has 0 unspecified atom stereocenters. The Kier molecular flexibility index (Phi) is 7.09. The number of halogens is 1. The molecule has 3 aromatic rings. The molecular formula is C21H22ClN5O3S. The number of hydrogen-bond donors (Lipinski definition) is 2. The topological polar surface area (TPSA) is 106 Å². The van der Waals surface area contributed by atoms with Crippen molar-refractivity contribution in [1.29, 1.82) is 0 Å². The molecule has 10 heteroatoms. The highest BCUT2D eigenvalue weighted by molar-refractivity contribution is 7.92. The van der Waals surface area contributed by atoms with E-state index in [0.29, 0.717) is 11.4 Å². The van der Waals surface area contributed by atoms with Crippen molar-refractivity contribution in [3.63, 3.8) is 0 Å². The normalized spacial score (nSPS) is 11.6. The van der Waals surface area contributed by atoms with Crippen molar-refractivity contribution in [3.8, 4) is 5.75 Å². The number of para-hydroxylation sites is 2. The summed E-state index contributed by atoms with van der Waals surface area (Å²) in [6, 6.07) is 14.0. The van der Waals surface area contributed by atoms with Crippen LogP contribution < -0.4 is 15.5 Å². The molecule has 3 rings (SSSR count). The fourth-order valence-electron chi connectivity index (χ4n) is 2.64. The van der Waals surface area contributed by atoms with Gasteiger partial charge in [-0.25, -0.2) is 18.8 Å². The number of anilines is 3. The van der Waals surface area contributed by atoms with Crippen molar-refractivity contribution in [2.24, 2.45) is 5.10 Å². The molecule has 162 valence electrons. The first-order chi connectivity index (χ1) is 14.8. The van der Waals surface area contributed by atoms with E-state index in [4.69, 9.17) is 16.3 Å². The Balaban J connectivity index is 1.84. The van der Waals surface area contributed by atoms with Crippen LogP contribution in [0.15, 0.2) is 64.7 Å². The summed E-state index contributed by atoms with van der Waals surface area (Å²) in [5.41, 5.74) is 3.89. The van der Waals surface area contributed by atoms with Gasteiger partial charge in [0.05, 0.1) is 35.4 Å². The van der Waals surface area contributed by atoms with E-state index in [1.165, 1.54) is 6.20 Å². The number of nitrogens with one attached hydrogen (secondary N) is 2. The van der Waals surface area contributed by atoms with Gasteiger partial charge in [0, 0.05) is 5.56 Å². The van der Waals surface area contributed by atoms with E-state index < -0.39 is 15.1 Å². The Morgan fingerprint density at radius 1 is 1.13 bits per heavy atom. The van der Waals surface area contributed by atoms with Crippen LogP contribution in [0.2, 0.25) is 5.02 Å². The van der Waals surface area contributed by atoms with Crippen molar-refractivity contribution in [3.05, 3.63) is 65.3 Å². The van der Waals surface area contributed by atoms with Gasteiger partial charge >= 0.3 is 0 Å². The minimum Gasteiger partial charge on any atom is -0.496 e. The number of aromatic nitrogens is 2. The third-order valence-corrected chi connectivity index (χ3v) is 6.81. The minimum absolute atomic E-state index is 0.170. The van der Waals surface area contributed by atoms with E-state index in [-0.39, 0.29) is 21.7 Å².